The van der Waals surface area contributed by atoms with Crippen LogP contribution >= 0.6 is 0 Å². The van der Waals surface area contributed by atoms with Crippen molar-refractivity contribution >= 4 is 23.5 Å². The van der Waals surface area contributed by atoms with Gasteiger partial charge in [-0.25, -0.2) is 0 Å². The Hall–Kier alpha value is -3.57. The van der Waals surface area contributed by atoms with Crippen molar-refractivity contribution in [2.75, 3.05) is 20.3 Å². The van der Waals surface area contributed by atoms with Gasteiger partial charge in [-0.1, -0.05) is 35.0 Å². The Balaban J connectivity index is 1.63. The minimum Gasteiger partial charge on any atom is -0.382 e. The number of benzene rings is 1. The fraction of sp³-hybridized carbons (Fsp3) is 0.480. The summed E-state index contributed by atoms with van der Waals surface area (Å²) in [6.45, 7) is 6.93. The number of carbonyl (C=O) groups is 4. The molecule has 0 radical (unpaired) electrons. The second kappa shape index (κ2) is 11.4. The van der Waals surface area contributed by atoms with E-state index in [9.17, 15) is 19.2 Å². The summed E-state index contributed by atoms with van der Waals surface area (Å²) in [5.41, 5.74) is 1.05. The van der Waals surface area contributed by atoms with Crippen LogP contribution in [0.4, 0.5) is 0 Å². The molecule has 0 aliphatic carbocycles. The van der Waals surface area contributed by atoms with Crippen molar-refractivity contribution in [1.29, 1.82) is 0 Å². The molecule has 2 heterocycles. The van der Waals surface area contributed by atoms with E-state index in [2.05, 4.69) is 21.1 Å². The second-order valence-corrected chi connectivity index (χ2v) is 9.17. The first-order chi connectivity index (χ1) is 17.0. The summed E-state index contributed by atoms with van der Waals surface area (Å²) in [5, 5.41) is 11.5. The summed E-state index contributed by atoms with van der Waals surface area (Å²) in [4.78, 5) is 51.2. The average Bonchev–Trinajstić information content (AvgIpc) is 3.44. The van der Waals surface area contributed by atoms with Crippen molar-refractivity contribution in [3.8, 4) is 0 Å². The Morgan fingerprint density at radius 3 is 2.28 bits per heavy atom. The number of hydrogen-bond acceptors (Lipinski definition) is 8. The number of nitrogens with one attached hydrogen (secondary N) is 3. The lowest BCUT2D eigenvalue weighted by Crippen LogP contribution is -2.56. The molecular formula is C25H32N4O7. The topological polar surface area (TPSA) is 152 Å². The number of aromatic nitrogens is 1. The molecule has 0 bridgehead atoms. The highest BCUT2D eigenvalue weighted by Crippen LogP contribution is 2.29. The van der Waals surface area contributed by atoms with Gasteiger partial charge in [0.2, 0.25) is 11.8 Å². The van der Waals surface area contributed by atoms with E-state index in [0.29, 0.717) is 12.4 Å². The van der Waals surface area contributed by atoms with E-state index in [1.807, 2.05) is 31.2 Å². The van der Waals surface area contributed by atoms with Crippen LogP contribution in [0.2, 0.25) is 0 Å². The van der Waals surface area contributed by atoms with Gasteiger partial charge in [-0.15, -0.1) is 0 Å². The highest BCUT2D eigenvalue weighted by Gasteiger charge is 2.50. The first kappa shape index (κ1) is 27.0. The van der Waals surface area contributed by atoms with Crippen LogP contribution in [0.25, 0.3) is 0 Å². The van der Waals surface area contributed by atoms with Gasteiger partial charge in [0.15, 0.2) is 11.5 Å². The molecule has 194 valence electrons. The quantitative estimate of drug-likeness (QED) is 0.359. The molecule has 1 fully saturated rings. The summed E-state index contributed by atoms with van der Waals surface area (Å²) in [6.07, 6.45) is 0.282. The van der Waals surface area contributed by atoms with E-state index < -0.39 is 41.4 Å². The molecule has 1 aromatic carbocycles. The van der Waals surface area contributed by atoms with E-state index in [0.717, 1.165) is 11.1 Å². The van der Waals surface area contributed by atoms with Gasteiger partial charge in [-0.05, 0) is 39.7 Å². The Morgan fingerprint density at radius 2 is 1.72 bits per heavy atom. The van der Waals surface area contributed by atoms with Gasteiger partial charge in [-0.3, -0.25) is 19.2 Å². The molecule has 3 amide bonds. The van der Waals surface area contributed by atoms with E-state index in [-0.39, 0.29) is 24.5 Å². The number of carbonyl (C=O) groups excluding carboxylic acids is 4. The maximum atomic E-state index is 13.0. The van der Waals surface area contributed by atoms with E-state index in [4.69, 9.17) is 14.0 Å². The fourth-order valence-electron chi connectivity index (χ4n) is 3.52. The lowest BCUT2D eigenvalue weighted by molar-refractivity contribution is -0.133. The highest BCUT2D eigenvalue weighted by atomic mass is 16.6. The van der Waals surface area contributed by atoms with Crippen LogP contribution in [0, 0.1) is 13.8 Å². The van der Waals surface area contributed by atoms with Crippen molar-refractivity contribution in [2.24, 2.45) is 0 Å². The number of nitrogens with zero attached hydrogens (tertiary/aromatic N) is 1. The van der Waals surface area contributed by atoms with Crippen molar-refractivity contribution in [1.82, 2.24) is 21.1 Å². The Bertz CT molecular complexity index is 1110. The van der Waals surface area contributed by atoms with Crippen LogP contribution in [0.5, 0.6) is 0 Å². The monoisotopic (exact) mass is 500 g/mol. The molecule has 11 nitrogen and oxygen atoms in total. The standard InChI is InChI=1S/C25H32N4O7/c1-14-6-8-17(9-7-14)11-18(21(30)25(4)13-35-25)27-22(31)16(3)26-24(33)20(12-34-5)28-23(32)19-10-15(2)36-29-19/h6-10,16,18,20H,11-13H2,1-5H3,(H,26,33)(H,27,31)(H,28,32). The zero-order valence-electron chi connectivity index (χ0n) is 21.0. The summed E-state index contributed by atoms with van der Waals surface area (Å²) in [7, 11) is 1.38. The number of ether oxygens (including phenoxy) is 2. The number of aryl methyl sites for hydroxylation is 2. The van der Waals surface area contributed by atoms with Crippen molar-refractivity contribution in [3.63, 3.8) is 0 Å². The van der Waals surface area contributed by atoms with Gasteiger partial charge >= 0.3 is 0 Å². The third kappa shape index (κ3) is 6.98. The van der Waals surface area contributed by atoms with E-state index >= 15 is 0 Å². The Morgan fingerprint density at radius 1 is 1.06 bits per heavy atom. The number of Topliss-reactive ketones (excluding diaryl/α,β-unsaturated/α-hetero) is 1. The molecule has 0 saturated carbocycles. The van der Waals surface area contributed by atoms with Crippen molar-refractivity contribution < 1.29 is 33.2 Å². The Kier molecular flexibility index (Phi) is 8.59. The van der Waals surface area contributed by atoms with Crippen LogP contribution in [-0.4, -0.2) is 72.7 Å². The molecule has 2 aromatic rings. The molecular weight excluding hydrogens is 468 g/mol. The molecule has 3 rings (SSSR count). The summed E-state index contributed by atoms with van der Waals surface area (Å²) < 4.78 is 15.2. The summed E-state index contributed by atoms with van der Waals surface area (Å²) >= 11 is 0. The van der Waals surface area contributed by atoms with Gasteiger partial charge < -0.3 is 29.9 Å². The van der Waals surface area contributed by atoms with Gasteiger partial charge in [-0.2, -0.15) is 0 Å². The number of methoxy groups -OCH3 is 1. The van der Waals surface area contributed by atoms with Crippen LogP contribution < -0.4 is 16.0 Å². The molecule has 1 aliphatic heterocycles. The maximum Gasteiger partial charge on any atom is 0.274 e. The molecule has 36 heavy (non-hydrogen) atoms. The van der Waals surface area contributed by atoms with Gasteiger partial charge in [0, 0.05) is 13.2 Å². The third-order valence-corrected chi connectivity index (χ3v) is 5.86. The fourth-order valence-corrected chi connectivity index (χ4v) is 3.52. The summed E-state index contributed by atoms with van der Waals surface area (Å²) in [6, 6.07) is 6.18. The lowest BCUT2D eigenvalue weighted by Gasteiger charge is -2.24. The number of amides is 3. The molecule has 1 aromatic heterocycles. The number of hydrogen-bond donors (Lipinski definition) is 3. The van der Waals surface area contributed by atoms with Gasteiger partial charge in [0.05, 0.1) is 19.3 Å². The zero-order chi connectivity index (χ0) is 26.5. The smallest absolute Gasteiger partial charge is 0.274 e. The minimum atomic E-state index is -1.08. The Labute approximate surface area is 209 Å². The zero-order valence-corrected chi connectivity index (χ0v) is 21.0. The van der Waals surface area contributed by atoms with Crippen LogP contribution in [0.3, 0.4) is 0 Å². The average molecular weight is 501 g/mol. The summed E-state index contributed by atoms with van der Waals surface area (Å²) in [5.74, 6) is -1.59. The SMILES string of the molecule is COCC(NC(=O)c1cc(C)on1)C(=O)NC(C)C(=O)NC(Cc1ccc(C)cc1)C(=O)C1(C)CO1. The molecule has 3 N–H and O–H groups in total. The second-order valence-electron chi connectivity index (χ2n) is 9.17. The minimum absolute atomic E-state index is 0.0143. The molecule has 1 saturated heterocycles. The highest BCUT2D eigenvalue weighted by molar-refractivity contribution is 5.99. The first-order valence-corrected chi connectivity index (χ1v) is 11.6. The van der Waals surface area contributed by atoms with E-state index in [1.165, 1.54) is 20.1 Å². The van der Waals surface area contributed by atoms with Crippen LogP contribution in [0.1, 0.15) is 41.2 Å². The predicted octanol–water partition coefficient (Wildman–Crippen LogP) is 0.626. The first-order valence-electron chi connectivity index (χ1n) is 11.6. The molecule has 0 spiro atoms. The number of rotatable bonds is 12. The van der Waals surface area contributed by atoms with Gasteiger partial charge in [0.1, 0.15) is 23.4 Å². The molecule has 1 aliphatic rings. The maximum absolute atomic E-state index is 13.0. The molecule has 4 unspecified atom stereocenters. The van der Waals surface area contributed by atoms with Crippen LogP contribution in [-0.2, 0) is 30.3 Å². The largest absolute Gasteiger partial charge is 0.382 e. The van der Waals surface area contributed by atoms with Gasteiger partial charge in [0.25, 0.3) is 5.91 Å². The van der Waals surface area contributed by atoms with Crippen molar-refractivity contribution in [2.45, 2.75) is 57.8 Å². The lowest BCUT2D eigenvalue weighted by atomic mass is 9.94. The third-order valence-electron chi connectivity index (χ3n) is 5.86. The van der Waals surface area contributed by atoms with Crippen LogP contribution in [0.15, 0.2) is 34.9 Å². The molecule has 11 heteroatoms. The normalized spacial score (nSPS) is 19.0. The number of ketones is 1. The van der Waals surface area contributed by atoms with Crippen molar-refractivity contribution in [3.05, 3.63) is 52.9 Å². The number of epoxide rings is 1. The predicted molar refractivity (Wildman–Crippen MR) is 128 cm³/mol. The van der Waals surface area contributed by atoms with E-state index in [1.54, 1.807) is 13.8 Å². The molecule has 4 atom stereocenters.